The van der Waals surface area contributed by atoms with Crippen molar-refractivity contribution in [3.8, 4) is 0 Å². The SMILES string of the molecule is Nc1ccc2c(c1)NCC21CCC(=O)NC1=O. The van der Waals surface area contributed by atoms with Gasteiger partial charge < -0.3 is 11.1 Å². The maximum atomic E-state index is 12.1. The van der Waals surface area contributed by atoms with Crippen LogP contribution in [-0.4, -0.2) is 18.4 Å². The van der Waals surface area contributed by atoms with E-state index in [4.69, 9.17) is 5.73 Å². The average molecular weight is 231 g/mol. The lowest BCUT2D eigenvalue weighted by molar-refractivity contribution is -0.137. The van der Waals surface area contributed by atoms with Crippen molar-refractivity contribution in [3.63, 3.8) is 0 Å². The quantitative estimate of drug-likeness (QED) is 0.445. The van der Waals surface area contributed by atoms with Gasteiger partial charge in [-0.1, -0.05) is 6.07 Å². The number of imide groups is 1. The molecule has 5 nitrogen and oxygen atoms in total. The van der Waals surface area contributed by atoms with Crippen LogP contribution in [0.3, 0.4) is 0 Å². The number of hydrogen-bond acceptors (Lipinski definition) is 4. The molecule has 1 saturated heterocycles. The standard InChI is InChI=1S/C12H13N3O2/c13-7-1-2-8-9(5-7)14-6-12(8)4-3-10(16)15-11(12)17/h1-2,5,14H,3-4,6,13H2,(H,15,16,17). The molecule has 0 saturated carbocycles. The topological polar surface area (TPSA) is 84.2 Å². The number of piperidine rings is 1. The largest absolute Gasteiger partial charge is 0.399 e. The van der Waals surface area contributed by atoms with Crippen molar-refractivity contribution in [3.05, 3.63) is 23.8 Å². The number of hydrogen-bond donors (Lipinski definition) is 3. The summed E-state index contributed by atoms with van der Waals surface area (Å²) in [7, 11) is 0. The first-order chi connectivity index (χ1) is 8.12. The van der Waals surface area contributed by atoms with Gasteiger partial charge in [-0.3, -0.25) is 14.9 Å². The number of carbonyl (C=O) groups excluding carboxylic acids is 2. The molecule has 1 aromatic carbocycles. The number of nitrogen functional groups attached to an aromatic ring is 1. The van der Waals surface area contributed by atoms with Crippen LogP contribution >= 0.6 is 0 Å². The van der Waals surface area contributed by atoms with Crippen LogP contribution in [0.25, 0.3) is 0 Å². The van der Waals surface area contributed by atoms with Crippen LogP contribution in [-0.2, 0) is 15.0 Å². The third-order valence-corrected chi connectivity index (χ3v) is 3.61. The van der Waals surface area contributed by atoms with Crippen LogP contribution in [0.5, 0.6) is 0 Å². The number of rotatable bonds is 0. The summed E-state index contributed by atoms with van der Waals surface area (Å²) < 4.78 is 0. The summed E-state index contributed by atoms with van der Waals surface area (Å²) in [5, 5.41) is 5.61. The lowest BCUT2D eigenvalue weighted by Gasteiger charge is -2.31. The zero-order chi connectivity index (χ0) is 12.0. The van der Waals surface area contributed by atoms with E-state index in [-0.39, 0.29) is 11.8 Å². The summed E-state index contributed by atoms with van der Waals surface area (Å²) in [6, 6.07) is 5.49. The summed E-state index contributed by atoms with van der Waals surface area (Å²) in [6.45, 7) is 0.533. The molecule has 17 heavy (non-hydrogen) atoms. The maximum Gasteiger partial charge on any atom is 0.239 e. The highest BCUT2D eigenvalue weighted by molar-refractivity contribution is 6.05. The Morgan fingerprint density at radius 2 is 2.12 bits per heavy atom. The fourth-order valence-corrected chi connectivity index (χ4v) is 2.64. The van der Waals surface area contributed by atoms with E-state index in [9.17, 15) is 9.59 Å². The van der Waals surface area contributed by atoms with Gasteiger partial charge in [0.05, 0.1) is 5.41 Å². The van der Waals surface area contributed by atoms with Gasteiger partial charge in [-0.2, -0.15) is 0 Å². The van der Waals surface area contributed by atoms with Crippen LogP contribution in [0.2, 0.25) is 0 Å². The minimum atomic E-state index is -0.600. The number of fused-ring (bicyclic) bond motifs is 2. The summed E-state index contributed by atoms with van der Waals surface area (Å²) in [5.74, 6) is -0.394. The Bertz CT molecular complexity index is 526. The molecule has 0 radical (unpaired) electrons. The van der Waals surface area contributed by atoms with E-state index in [1.165, 1.54) is 0 Å². The number of benzene rings is 1. The molecule has 0 aromatic heterocycles. The lowest BCUT2D eigenvalue weighted by Crippen LogP contribution is -2.52. The first-order valence-corrected chi connectivity index (χ1v) is 5.60. The predicted molar refractivity (Wildman–Crippen MR) is 63.4 cm³/mol. The summed E-state index contributed by atoms with van der Waals surface area (Å²) in [6.07, 6.45) is 0.943. The van der Waals surface area contributed by atoms with Crippen molar-refractivity contribution in [2.45, 2.75) is 18.3 Å². The average Bonchev–Trinajstić information content (AvgIpc) is 2.64. The molecule has 5 heteroatoms. The third kappa shape index (κ3) is 1.32. The van der Waals surface area contributed by atoms with Crippen molar-refractivity contribution < 1.29 is 9.59 Å². The van der Waals surface area contributed by atoms with Gasteiger partial charge in [-0.15, -0.1) is 0 Å². The summed E-state index contributed by atoms with van der Waals surface area (Å²) >= 11 is 0. The zero-order valence-electron chi connectivity index (χ0n) is 9.25. The van der Waals surface area contributed by atoms with Gasteiger partial charge in [0.2, 0.25) is 11.8 Å². The Balaban J connectivity index is 2.07. The number of carbonyl (C=O) groups is 2. The molecule has 1 aromatic rings. The second kappa shape index (κ2) is 3.23. The van der Waals surface area contributed by atoms with Crippen LogP contribution in [0.4, 0.5) is 11.4 Å². The van der Waals surface area contributed by atoms with Gasteiger partial charge in [0, 0.05) is 24.3 Å². The van der Waals surface area contributed by atoms with Gasteiger partial charge in [-0.25, -0.2) is 0 Å². The van der Waals surface area contributed by atoms with E-state index in [1.54, 1.807) is 6.07 Å². The molecule has 2 heterocycles. The molecule has 2 aliphatic heterocycles. The summed E-state index contributed by atoms with van der Waals surface area (Å²) in [4.78, 5) is 23.3. The second-order valence-electron chi connectivity index (χ2n) is 4.62. The predicted octanol–water partition coefficient (Wildman–Crippen LogP) is 0.369. The summed E-state index contributed by atoms with van der Waals surface area (Å²) in [5.41, 5.74) is 7.62. The van der Waals surface area contributed by atoms with Crippen molar-refractivity contribution in [2.75, 3.05) is 17.6 Å². The minimum absolute atomic E-state index is 0.190. The molecule has 1 unspecified atom stereocenters. The number of nitrogens with one attached hydrogen (secondary N) is 2. The van der Waals surface area contributed by atoms with E-state index < -0.39 is 5.41 Å². The Hall–Kier alpha value is -2.04. The molecule has 0 bridgehead atoms. The van der Waals surface area contributed by atoms with E-state index in [2.05, 4.69) is 10.6 Å². The molecule has 2 aliphatic rings. The van der Waals surface area contributed by atoms with Gasteiger partial charge >= 0.3 is 0 Å². The molecule has 0 aliphatic carbocycles. The number of anilines is 2. The third-order valence-electron chi connectivity index (χ3n) is 3.61. The Morgan fingerprint density at radius 1 is 1.29 bits per heavy atom. The molecule has 4 N–H and O–H groups in total. The van der Waals surface area contributed by atoms with Crippen LogP contribution in [0.15, 0.2) is 18.2 Å². The Labute approximate surface area is 98.4 Å². The van der Waals surface area contributed by atoms with E-state index in [0.29, 0.717) is 25.1 Å². The highest BCUT2D eigenvalue weighted by atomic mass is 16.2. The highest BCUT2D eigenvalue weighted by Crippen LogP contribution is 2.42. The van der Waals surface area contributed by atoms with E-state index >= 15 is 0 Å². The number of amides is 2. The molecule has 3 rings (SSSR count). The maximum absolute atomic E-state index is 12.1. The number of nitrogens with two attached hydrogens (primary N) is 1. The van der Waals surface area contributed by atoms with Crippen molar-refractivity contribution in [1.82, 2.24) is 5.32 Å². The Kier molecular flexibility index (Phi) is 1.92. The fourth-order valence-electron chi connectivity index (χ4n) is 2.64. The van der Waals surface area contributed by atoms with Crippen LogP contribution < -0.4 is 16.4 Å². The minimum Gasteiger partial charge on any atom is -0.399 e. The van der Waals surface area contributed by atoms with Gasteiger partial charge in [0.1, 0.15) is 0 Å². The molecule has 1 spiro atoms. The first-order valence-electron chi connectivity index (χ1n) is 5.60. The van der Waals surface area contributed by atoms with Crippen molar-refractivity contribution >= 4 is 23.2 Å². The smallest absolute Gasteiger partial charge is 0.239 e. The van der Waals surface area contributed by atoms with Crippen LogP contribution in [0, 0.1) is 0 Å². The highest BCUT2D eigenvalue weighted by Gasteiger charge is 2.48. The normalized spacial score (nSPS) is 26.6. The Morgan fingerprint density at radius 3 is 2.88 bits per heavy atom. The zero-order valence-corrected chi connectivity index (χ0v) is 9.25. The molecule has 88 valence electrons. The van der Waals surface area contributed by atoms with Crippen molar-refractivity contribution in [1.29, 1.82) is 0 Å². The molecule has 1 fully saturated rings. The lowest BCUT2D eigenvalue weighted by atomic mass is 9.75. The molecule has 1 atom stereocenters. The van der Waals surface area contributed by atoms with E-state index in [0.717, 1.165) is 11.3 Å². The van der Waals surface area contributed by atoms with Crippen LogP contribution in [0.1, 0.15) is 18.4 Å². The monoisotopic (exact) mass is 231 g/mol. The van der Waals surface area contributed by atoms with Gasteiger partial charge in [0.25, 0.3) is 0 Å². The molecular weight excluding hydrogens is 218 g/mol. The van der Waals surface area contributed by atoms with Gasteiger partial charge in [0.15, 0.2) is 0 Å². The molecule has 2 amide bonds. The molecular formula is C12H13N3O2. The second-order valence-corrected chi connectivity index (χ2v) is 4.62. The van der Waals surface area contributed by atoms with Gasteiger partial charge in [-0.05, 0) is 24.1 Å². The van der Waals surface area contributed by atoms with Crippen molar-refractivity contribution in [2.24, 2.45) is 0 Å². The van der Waals surface area contributed by atoms with E-state index in [1.807, 2.05) is 12.1 Å². The fraction of sp³-hybridized carbons (Fsp3) is 0.333. The first kappa shape index (κ1) is 10.1.